The van der Waals surface area contributed by atoms with Gasteiger partial charge in [-0.1, -0.05) is 12.2 Å². The highest BCUT2D eigenvalue weighted by Gasteiger charge is 1.63. The van der Waals surface area contributed by atoms with Gasteiger partial charge in [0.25, 0.3) is 0 Å². The van der Waals surface area contributed by atoms with Crippen molar-refractivity contribution in [2.45, 2.75) is 0 Å². The van der Waals surface area contributed by atoms with Gasteiger partial charge in [-0.25, -0.2) is 0 Å². The van der Waals surface area contributed by atoms with Gasteiger partial charge < -0.3 is 29.3 Å². The Morgan fingerprint density at radius 2 is 1.50 bits per heavy atom. The molecule has 0 aromatic rings. The molecule has 0 amide bonds. The van der Waals surface area contributed by atoms with Crippen LogP contribution in [0.5, 0.6) is 0 Å². The third-order valence-electron chi connectivity index (χ3n) is 0.250. The summed E-state index contributed by atoms with van der Waals surface area (Å²) in [5.74, 6) is 0. The Hall–Kier alpha value is 0.01000. The molecular formula is C3H10ClN3S. The van der Waals surface area contributed by atoms with Gasteiger partial charge in [0, 0.05) is 0 Å². The molecule has 6 N–H and O–H groups in total. The maximum Gasteiger partial charge on any atom is 0.124 e. The predicted molar refractivity (Wildman–Crippen MR) is 31.5 cm³/mol. The van der Waals surface area contributed by atoms with E-state index in [-0.39, 0.29) is 12.4 Å². The molecule has 8 heavy (non-hydrogen) atoms. The second-order valence-electron chi connectivity index (χ2n) is 0.798. The molecular weight excluding hydrogens is 146 g/mol. The highest BCUT2D eigenvalue weighted by Crippen LogP contribution is 1.19. The van der Waals surface area contributed by atoms with Gasteiger partial charge in [0.2, 0.25) is 0 Å². The number of rotatable bonds is 1. The first-order valence-corrected chi connectivity index (χ1v) is 2.34. The Balaban J connectivity index is -0.0000000575. The molecule has 0 aromatic carbocycles. The summed E-state index contributed by atoms with van der Waals surface area (Å²) in [6.07, 6.45) is 0. The van der Waals surface area contributed by atoms with Crippen molar-refractivity contribution in [2.24, 2.45) is 0 Å². The lowest BCUT2D eigenvalue weighted by Crippen LogP contribution is -3.00. The lowest BCUT2D eigenvalue weighted by molar-refractivity contribution is -0.453. The van der Waals surface area contributed by atoms with Crippen molar-refractivity contribution in [3.8, 4) is 0 Å². The average molecular weight is 156 g/mol. The minimum atomic E-state index is 0. The summed E-state index contributed by atoms with van der Waals surface area (Å²) in [5.41, 5.74) is 7.08. The Bertz CT molecular complexity index is 50.5. The van der Waals surface area contributed by atoms with Gasteiger partial charge in [-0.2, -0.15) is 5.16 Å². The van der Waals surface area contributed by atoms with Crippen molar-refractivity contribution in [1.29, 1.82) is 0 Å². The van der Waals surface area contributed by atoms with Crippen LogP contribution in [0.2, 0.25) is 0 Å². The van der Waals surface area contributed by atoms with Gasteiger partial charge in [-0.15, -0.1) is 0 Å². The molecule has 0 aliphatic heterocycles. The SMILES string of the molecule is [Cl-].[N-]=C=S.[NH3+]CC[NH3+]. The summed E-state index contributed by atoms with van der Waals surface area (Å²) < 4.78 is 0. The van der Waals surface area contributed by atoms with E-state index >= 15 is 0 Å². The second-order valence-corrected chi connectivity index (χ2v) is 0.981. The number of nitrogens with zero attached hydrogens (tertiary/aromatic N) is 1. The van der Waals surface area contributed by atoms with Crippen molar-refractivity contribution in [2.75, 3.05) is 13.1 Å². The van der Waals surface area contributed by atoms with Crippen LogP contribution >= 0.6 is 12.2 Å². The first kappa shape index (κ1) is 15.7. The van der Waals surface area contributed by atoms with Crippen molar-refractivity contribution >= 4 is 17.4 Å². The molecule has 0 aliphatic carbocycles. The largest absolute Gasteiger partial charge is 1.00 e. The lowest BCUT2D eigenvalue weighted by Gasteiger charge is -1.65. The molecule has 0 aliphatic rings. The maximum absolute atomic E-state index is 7.13. The van der Waals surface area contributed by atoms with Crippen LogP contribution in [0.25, 0.3) is 5.41 Å². The van der Waals surface area contributed by atoms with Gasteiger partial charge in [0.05, 0.1) is 0 Å². The minimum absolute atomic E-state index is 0. The molecule has 0 atom stereocenters. The van der Waals surface area contributed by atoms with Crippen LogP contribution in [0.1, 0.15) is 0 Å². The fraction of sp³-hybridized carbons (Fsp3) is 0.667. The van der Waals surface area contributed by atoms with Crippen molar-refractivity contribution in [1.82, 2.24) is 0 Å². The number of halogens is 1. The number of quaternary nitrogens is 2. The summed E-state index contributed by atoms with van der Waals surface area (Å²) in [5, 5.41) is 8.47. The van der Waals surface area contributed by atoms with Crippen LogP contribution in [0.15, 0.2) is 0 Å². The average Bonchev–Trinajstić information content (AvgIpc) is 1.69. The summed E-state index contributed by atoms with van der Waals surface area (Å²) >= 11 is 3.70. The van der Waals surface area contributed by atoms with Gasteiger partial charge in [-0.3, -0.25) is 0 Å². The molecule has 0 rings (SSSR count). The fourth-order valence-corrected chi connectivity index (χ4v) is 0. The molecule has 0 fully saturated rings. The van der Waals surface area contributed by atoms with E-state index in [2.05, 4.69) is 23.7 Å². The van der Waals surface area contributed by atoms with E-state index in [1.165, 1.54) is 5.16 Å². The zero-order chi connectivity index (χ0) is 6.12. The molecule has 3 nitrogen and oxygen atoms in total. The molecule has 0 radical (unpaired) electrons. The van der Waals surface area contributed by atoms with Crippen LogP contribution in [-0.2, 0) is 0 Å². The Morgan fingerprint density at radius 1 is 1.38 bits per heavy atom. The van der Waals surface area contributed by atoms with Gasteiger partial charge in [0.1, 0.15) is 13.1 Å². The molecule has 0 unspecified atom stereocenters. The van der Waals surface area contributed by atoms with Gasteiger partial charge in [-0.05, 0) is 0 Å². The number of hydrogen-bond donors (Lipinski definition) is 2. The maximum atomic E-state index is 7.13. The summed E-state index contributed by atoms with van der Waals surface area (Å²) in [7, 11) is 0. The Kier molecular flexibility index (Phi) is 54.8. The highest BCUT2D eigenvalue weighted by atomic mass is 35.5. The summed E-state index contributed by atoms with van der Waals surface area (Å²) in [6, 6.07) is 0. The fourth-order valence-electron chi connectivity index (χ4n) is 0. The van der Waals surface area contributed by atoms with Crippen LogP contribution in [0.4, 0.5) is 0 Å². The monoisotopic (exact) mass is 155 g/mol. The Morgan fingerprint density at radius 3 is 1.50 bits per heavy atom. The van der Waals surface area contributed by atoms with E-state index in [1.807, 2.05) is 0 Å². The van der Waals surface area contributed by atoms with Crippen LogP contribution < -0.4 is 23.9 Å². The van der Waals surface area contributed by atoms with E-state index in [0.29, 0.717) is 0 Å². The van der Waals surface area contributed by atoms with Gasteiger partial charge in [0.15, 0.2) is 0 Å². The number of thiocarbonyl (C=S) groups is 1. The lowest BCUT2D eigenvalue weighted by atomic mass is 10.7. The first-order valence-electron chi connectivity index (χ1n) is 1.93. The minimum Gasteiger partial charge on any atom is -1.00 e. The first-order chi connectivity index (χ1) is 3.33. The molecule has 0 aromatic heterocycles. The molecule has 50 valence electrons. The molecule has 0 spiro atoms. The van der Waals surface area contributed by atoms with E-state index in [4.69, 9.17) is 5.41 Å². The highest BCUT2D eigenvalue weighted by molar-refractivity contribution is 7.78. The van der Waals surface area contributed by atoms with Crippen molar-refractivity contribution in [3.63, 3.8) is 0 Å². The number of isothiocyanates is 1. The zero-order valence-electron chi connectivity index (χ0n) is 4.56. The van der Waals surface area contributed by atoms with E-state index in [9.17, 15) is 0 Å². The third kappa shape index (κ3) is 148. The van der Waals surface area contributed by atoms with Crippen LogP contribution in [0.3, 0.4) is 0 Å². The second kappa shape index (κ2) is 27.9. The third-order valence-corrected chi connectivity index (χ3v) is 0.250. The van der Waals surface area contributed by atoms with E-state index in [1.54, 1.807) is 0 Å². The Labute approximate surface area is 60.4 Å². The molecule has 0 bridgehead atoms. The number of hydrogen-bond acceptors (Lipinski definition) is 1. The van der Waals surface area contributed by atoms with Crippen molar-refractivity contribution in [3.05, 3.63) is 5.41 Å². The van der Waals surface area contributed by atoms with E-state index < -0.39 is 0 Å². The van der Waals surface area contributed by atoms with Crippen LogP contribution in [0, 0.1) is 0 Å². The van der Waals surface area contributed by atoms with E-state index in [0.717, 1.165) is 13.1 Å². The zero-order valence-corrected chi connectivity index (χ0v) is 6.13. The quantitative estimate of drug-likeness (QED) is 0.289. The molecule has 0 heterocycles. The molecule has 5 heteroatoms. The smallest absolute Gasteiger partial charge is 0.124 e. The molecule has 0 saturated heterocycles. The predicted octanol–water partition coefficient (Wildman–Crippen LogP) is -4.87. The van der Waals surface area contributed by atoms with Crippen LogP contribution in [-0.4, -0.2) is 18.3 Å². The standard InChI is InChI=1S/C2H8N2.CNS.ClH/c3-1-2-4;2-1-3;/h1-4H2;;1H/q;-1;/p+1. The van der Waals surface area contributed by atoms with Gasteiger partial charge >= 0.3 is 0 Å². The molecule has 0 saturated carbocycles. The topological polar surface area (TPSA) is 77.6 Å². The summed E-state index contributed by atoms with van der Waals surface area (Å²) in [4.78, 5) is 0. The van der Waals surface area contributed by atoms with Crippen molar-refractivity contribution < 1.29 is 23.9 Å². The normalized spacial score (nSPS) is 4.75. The summed E-state index contributed by atoms with van der Waals surface area (Å²) in [6.45, 7) is 1.92.